The number of aliphatic hydroxyl groups excluding tert-OH is 1. The van der Waals surface area contributed by atoms with E-state index in [1.807, 2.05) is 6.20 Å². The molecule has 0 amide bonds. The summed E-state index contributed by atoms with van der Waals surface area (Å²) in [5.74, 6) is 0. The van der Waals surface area contributed by atoms with E-state index in [0.29, 0.717) is 0 Å². The second-order valence-electron chi connectivity index (χ2n) is 4.17. The molecule has 0 aliphatic carbocycles. The Morgan fingerprint density at radius 2 is 1.82 bits per heavy atom. The quantitative estimate of drug-likeness (QED) is 0.788. The van der Waals surface area contributed by atoms with Crippen molar-refractivity contribution < 1.29 is 5.11 Å². The summed E-state index contributed by atoms with van der Waals surface area (Å²) in [5, 5.41) is 8.87. The van der Waals surface area contributed by atoms with Crippen molar-refractivity contribution in [3.05, 3.63) is 21.8 Å². The van der Waals surface area contributed by atoms with E-state index in [0.717, 1.165) is 48.7 Å². The fourth-order valence-electron chi connectivity index (χ4n) is 1.96. The molecule has 1 aromatic rings. The monoisotopic (exact) mass is 348 g/mol. The number of aliphatic hydroxyl groups is 1. The van der Waals surface area contributed by atoms with Crippen LogP contribution < -0.4 is 0 Å². The zero-order chi connectivity index (χ0) is 12.1. The third-order valence-corrected chi connectivity index (χ3v) is 3.50. The smallest absolute Gasteiger partial charge is 0.119 e. The summed E-state index contributed by atoms with van der Waals surface area (Å²) in [5.41, 5.74) is 1.03. The fraction of sp³-hybridized carbons (Fsp3) is 0.636. The van der Waals surface area contributed by atoms with Gasteiger partial charge in [-0.2, -0.15) is 0 Å². The first-order chi connectivity index (χ1) is 8.28. The van der Waals surface area contributed by atoms with E-state index < -0.39 is 0 Å². The van der Waals surface area contributed by atoms with Crippen LogP contribution in [0.4, 0.5) is 0 Å². The lowest BCUT2D eigenvalue weighted by Crippen LogP contribution is -2.46. The van der Waals surface area contributed by atoms with Gasteiger partial charge in [-0.1, -0.05) is 0 Å². The van der Waals surface area contributed by atoms with Crippen molar-refractivity contribution in [2.24, 2.45) is 0 Å². The molecular weight excluding hydrogens is 331 g/mol. The second-order valence-corrected chi connectivity index (χ2v) is 5.28. The number of piperazine rings is 1. The zero-order valence-electron chi connectivity index (χ0n) is 9.72. The van der Waals surface area contributed by atoms with E-state index in [4.69, 9.17) is 5.11 Å². The molecule has 1 aliphatic rings. The van der Waals surface area contributed by atoms with Crippen LogP contribution in [0, 0.1) is 3.70 Å². The van der Waals surface area contributed by atoms with Crippen LogP contribution in [-0.4, -0.2) is 64.2 Å². The lowest BCUT2D eigenvalue weighted by atomic mass is 10.3. The van der Waals surface area contributed by atoms with Crippen molar-refractivity contribution in [1.29, 1.82) is 0 Å². The average molecular weight is 348 g/mol. The van der Waals surface area contributed by atoms with Crippen LogP contribution >= 0.6 is 22.6 Å². The molecule has 94 valence electrons. The molecule has 0 unspecified atom stereocenters. The van der Waals surface area contributed by atoms with E-state index >= 15 is 0 Å². The third-order valence-electron chi connectivity index (χ3n) is 2.94. The highest BCUT2D eigenvalue weighted by atomic mass is 127. The Labute approximate surface area is 115 Å². The van der Waals surface area contributed by atoms with Crippen LogP contribution in [0.2, 0.25) is 0 Å². The first kappa shape index (κ1) is 13.1. The minimum absolute atomic E-state index is 0.253. The van der Waals surface area contributed by atoms with Gasteiger partial charge in [-0.15, -0.1) is 0 Å². The minimum Gasteiger partial charge on any atom is -0.395 e. The predicted octanol–water partition coefficient (Wildman–Crippen LogP) is 0.191. The molecule has 1 N–H and O–H groups in total. The molecule has 0 bridgehead atoms. The van der Waals surface area contributed by atoms with E-state index in [1.165, 1.54) is 0 Å². The molecule has 0 atom stereocenters. The number of halogens is 1. The van der Waals surface area contributed by atoms with Crippen molar-refractivity contribution >= 4 is 22.6 Å². The highest BCUT2D eigenvalue weighted by molar-refractivity contribution is 14.1. The molecule has 1 aromatic heterocycles. The summed E-state index contributed by atoms with van der Waals surface area (Å²) in [6.07, 6.45) is 3.65. The first-order valence-corrected chi connectivity index (χ1v) is 6.88. The van der Waals surface area contributed by atoms with Crippen LogP contribution in [0.5, 0.6) is 0 Å². The van der Waals surface area contributed by atoms with Crippen LogP contribution in [0.15, 0.2) is 12.4 Å². The average Bonchev–Trinajstić information content (AvgIpc) is 2.35. The molecular formula is C11H17IN4O. The van der Waals surface area contributed by atoms with Gasteiger partial charge in [-0.05, 0) is 22.6 Å². The second kappa shape index (κ2) is 6.58. The molecule has 1 fully saturated rings. The van der Waals surface area contributed by atoms with Crippen LogP contribution in [0.25, 0.3) is 0 Å². The maximum Gasteiger partial charge on any atom is 0.119 e. The summed E-state index contributed by atoms with van der Waals surface area (Å²) in [6, 6.07) is 0. The normalized spacial score (nSPS) is 18.5. The number of hydrogen-bond acceptors (Lipinski definition) is 5. The Kier molecular flexibility index (Phi) is 5.08. The largest absolute Gasteiger partial charge is 0.395 e. The standard InChI is InChI=1S/C11H17IN4O/c12-11-8-13-10(7-14-11)9-16-3-1-15(2-4-16)5-6-17/h7-8,17H,1-6,9H2. The molecule has 0 spiro atoms. The summed E-state index contributed by atoms with van der Waals surface area (Å²) < 4.78 is 0.930. The molecule has 17 heavy (non-hydrogen) atoms. The molecule has 5 nitrogen and oxygen atoms in total. The summed E-state index contributed by atoms with van der Waals surface area (Å²) in [4.78, 5) is 13.3. The predicted molar refractivity (Wildman–Crippen MR) is 73.6 cm³/mol. The van der Waals surface area contributed by atoms with E-state index in [9.17, 15) is 0 Å². The lowest BCUT2D eigenvalue weighted by Gasteiger charge is -2.33. The van der Waals surface area contributed by atoms with Gasteiger partial charge in [0.05, 0.1) is 24.7 Å². The van der Waals surface area contributed by atoms with Crippen LogP contribution in [0.1, 0.15) is 5.69 Å². The number of nitrogens with zero attached hydrogens (tertiary/aromatic N) is 4. The zero-order valence-corrected chi connectivity index (χ0v) is 11.9. The Hall–Kier alpha value is -0.310. The van der Waals surface area contributed by atoms with Gasteiger partial charge in [0.2, 0.25) is 0 Å². The molecule has 1 saturated heterocycles. The molecule has 0 radical (unpaired) electrons. The maximum absolute atomic E-state index is 8.87. The Balaban J connectivity index is 1.79. The Bertz CT molecular complexity index is 338. The van der Waals surface area contributed by atoms with Crippen molar-refractivity contribution in [1.82, 2.24) is 19.8 Å². The van der Waals surface area contributed by atoms with Crippen LogP contribution in [-0.2, 0) is 6.54 Å². The van der Waals surface area contributed by atoms with E-state index in [2.05, 4.69) is 42.4 Å². The molecule has 6 heteroatoms. The summed E-state index contributed by atoms with van der Waals surface area (Å²) >= 11 is 2.16. The number of rotatable bonds is 4. The van der Waals surface area contributed by atoms with Gasteiger partial charge in [-0.25, -0.2) is 4.98 Å². The van der Waals surface area contributed by atoms with E-state index in [-0.39, 0.29) is 6.61 Å². The van der Waals surface area contributed by atoms with Crippen molar-refractivity contribution in [2.45, 2.75) is 6.54 Å². The number of aromatic nitrogens is 2. The lowest BCUT2D eigenvalue weighted by molar-refractivity contribution is 0.107. The Morgan fingerprint density at radius 1 is 1.12 bits per heavy atom. The fourth-order valence-corrected chi connectivity index (χ4v) is 2.24. The van der Waals surface area contributed by atoms with Gasteiger partial charge in [0, 0.05) is 39.3 Å². The maximum atomic E-state index is 8.87. The SMILES string of the molecule is OCCN1CCN(Cc2cnc(I)cn2)CC1. The number of β-amino-alcohol motifs (C(OH)–C–C–N with tert-alkyl or cyclic N) is 1. The minimum atomic E-state index is 0.253. The van der Waals surface area contributed by atoms with Gasteiger partial charge in [0.25, 0.3) is 0 Å². The van der Waals surface area contributed by atoms with Gasteiger partial charge in [-0.3, -0.25) is 14.8 Å². The van der Waals surface area contributed by atoms with Crippen molar-refractivity contribution in [2.75, 3.05) is 39.3 Å². The molecule has 0 saturated carbocycles. The molecule has 0 aromatic carbocycles. The van der Waals surface area contributed by atoms with Crippen molar-refractivity contribution in [3.63, 3.8) is 0 Å². The van der Waals surface area contributed by atoms with E-state index in [1.54, 1.807) is 6.20 Å². The van der Waals surface area contributed by atoms with Crippen molar-refractivity contribution in [3.8, 4) is 0 Å². The van der Waals surface area contributed by atoms with Gasteiger partial charge >= 0.3 is 0 Å². The highest BCUT2D eigenvalue weighted by Gasteiger charge is 2.16. The van der Waals surface area contributed by atoms with Crippen LogP contribution in [0.3, 0.4) is 0 Å². The summed E-state index contributed by atoms with van der Waals surface area (Å²) in [6.45, 7) is 6.04. The molecule has 2 rings (SSSR count). The topological polar surface area (TPSA) is 52.5 Å². The van der Waals surface area contributed by atoms with Gasteiger partial charge in [0.15, 0.2) is 0 Å². The first-order valence-electron chi connectivity index (χ1n) is 5.80. The van der Waals surface area contributed by atoms with Gasteiger partial charge in [0.1, 0.15) is 3.70 Å². The van der Waals surface area contributed by atoms with Gasteiger partial charge < -0.3 is 5.11 Å². The third kappa shape index (κ3) is 4.13. The molecule has 2 heterocycles. The summed E-state index contributed by atoms with van der Waals surface area (Å²) in [7, 11) is 0. The Morgan fingerprint density at radius 3 is 2.41 bits per heavy atom. The molecule has 1 aliphatic heterocycles. The highest BCUT2D eigenvalue weighted by Crippen LogP contribution is 2.06. The number of hydrogen-bond donors (Lipinski definition) is 1.